The largest absolute Gasteiger partial charge is 0.370 e. The molecule has 0 spiro atoms. The lowest BCUT2D eigenvalue weighted by Crippen LogP contribution is -2.38. The summed E-state index contributed by atoms with van der Waals surface area (Å²) < 4.78 is 25.8. The van der Waals surface area contributed by atoms with Crippen molar-refractivity contribution < 1.29 is 13.2 Å². The molecule has 0 aromatic heterocycles. The molecule has 6 heteroatoms. The molecular weight excluding hydrogens is 264 g/mol. The van der Waals surface area contributed by atoms with Crippen LogP contribution in [-0.2, 0) is 21.4 Å². The minimum Gasteiger partial charge on any atom is -0.370 e. The molecule has 0 heterocycles. The molecule has 5 nitrogen and oxygen atoms in total. The Morgan fingerprint density at radius 1 is 1.26 bits per heavy atom. The summed E-state index contributed by atoms with van der Waals surface area (Å²) >= 11 is 0. The SMILES string of the molecule is CC(C)S(=O)(=O)N(CCC(N)=O)Cc1ccccc1. The van der Waals surface area contributed by atoms with Gasteiger partial charge in [0.25, 0.3) is 0 Å². The van der Waals surface area contributed by atoms with E-state index < -0.39 is 21.2 Å². The highest BCUT2D eigenvalue weighted by Gasteiger charge is 2.25. The normalized spacial score (nSPS) is 12.0. The van der Waals surface area contributed by atoms with E-state index in [0.29, 0.717) is 0 Å². The first-order valence-electron chi connectivity index (χ1n) is 6.15. The molecule has 0 aliphatic rings. The van der Waals surface area contributed by atoms with E-state index in [-0.39, 0.29) is 19.5 Å². The molecule has 0 radical (unpaired) electrons. The third kappa shape index (κ3) is 4.65. The number of primary amides is 1. The topological polar surface area (TPSA) is 80.5 Å². The highest BCUT2D eigenvalue weighted by molar-refractivity contribution is 7.89. The van der Waals surface area contributed by atoms with Crippen LogP contribution in [0, 0.1) is 0 Å². The maximum Gasteiger partial charge on any atom is 0.218 e. The van der Waals surface area contributed by atoms with Crippen LogP contribution in [0.15, 0.2) is 30.3 Å². The fourth-order valence-electron chi connectivity index (χ4n) is 1.62. The molecule has 0 atom stereocenters. The predicted molar refractivity (Wildman–Crippen MR) is 74.7 cm³/mol. The number of sulfonamides is 1. The Labute approximate surface area is 114 Å². The summed E-state index contributed by atoms with van der Waals surface area (Å²) in [6, 6.07) is 9.28. The lowest BCUT2D eigenvalue weighted by atomic mass is 10.2. The zero-order valence-electron chi connectivity index (χ0n) is 11.2. The van der Waals surface area contributed by atoms with E-state index in [1.54, 1.807) is 13.8 Å². The van der Waals surface area contributed by atoms with Crippen LogP contribution < -0.4 is 5.73 Å². The van der Waals surface area contributed by atoms with Crippen molar-refractivity contribution in [2.45, 2.75) is 32.1 Å². The molecule has 0 fully saturated rings. The van der Waals surface area contributed by atoms with Crippen LogP contribution in [0.5, 0.6) is 0 Å². The van der Waals surface area contributed by atoms with Crippen molar-refractivity contribution in [2.75, 3.05) is 6.54 Å². The Bertz CT molecular complexity index is 512. The van der Waals surface area contributed by atoms with Crippen molar-refractivity contribution in [2.24, 2.45) is 5.73 Å². The molecule has 0 saturated heterocycles. The van der Waals surface area contributed by atoms with E-state index in [2.05, 4.69) is 0 Å². The zero-order valence-corrected chi connectivity index (χ0v) is 12.1. The van der Waals surface area contributed by atoms with Gasteiger partial charge in [0, 0.05) is 19.5 Å². The van der Waals surface area contributed by atoms with Gasteiger partial charge in [-0.25, -0.2) is 8.42 Å². The van der Waals surface area contributed by atoms with Gasteiger partial charge in [0.1, 0.15) is 0 Å². The number of hydrogen-bond acceptors (Lipinski definition) is 3. The summed E-state index contributed by atoms with van der Waals surface area (Å²) in [5.74, 6) is -0.503. The highest BCUT2D eigenvalue weighted by atomic mass is 32.2. The minimum atomic E-state index is -3.41. The zero-order chi connectivity index (χ0) is 14.5. The van der Waals surface area contributed by atoms with Crippen molar-refractivity contribution in [3.05, 3.63) is 35.9 Å². The Kier molecular flexibility index (Phi) is 5.50. The first-order valence-corrected chi connectivity index (χ1v) is 7.65. The van der Waals surface area contributed by atoms with E-state index in [1.807, 2.05) is 30.3 Å². The van der Waals surface area contributed by atoms with Crippen LogP contribution in [-0.4, -0.2) is 30.4 Å². The molecule has 0 aliphatic carbocycles. The Morgan fingerprint density at radius 3 is 2.32 bits per heavy atom. The van der Waals surface area contributed by atoms with Gasteiger partial charge in [0.05, 0.1) is 5.25 Å². The van der Waals surface area contributed by atoms with Crippen LogP contribution in [0.4, 0.5) is 0 Å². The van der Waals surface area contributed by atoms with Gasteiger partial charge in [-0.2, -0.15) is 4.31 Å². The lowest BCUT2D eigenvalue weighted by molar-refractivity contribution is -0.118. The van der Waals surface area contributed by atoms with Gasteiger partial charge >= 0.3 is 0 Å². The number of amides is 1. The van der Waals surface area contributed by atoms with Gasteiger partial charge in [-0.15, -0.1) is 0 Å². The fraction of sp³-hybridized carbons (Fsp3) is 0.462. The van der Waals surface area contributed by atoms with Gasteiger partial charge in [0.15, 0.2) is 0 Å². The molecular formula is C13H20N2O3S. The molecule has 106 valence electrons. The maximum atomic E-state index is 12.2. The van der Waals surface area contributed by atoms with Crippen molar-refractivity contribution in [1.29, 1.82) is 0 Å². The van der Waals surface area contributed by atoms with Gasteiger partial charge in [0.2, 0.25) is 15.9 Å². The van der Waals surface area contributed by atoms with E-state index in [9.17, 15) is 13.2 Å². The lowest BCUT2D eigenvalue weighted by Gasteiger charge is -2.24. The first-order chi connectivity index (χ1) is 8.84. The smallest absolute Gasteiger partial charge is 0.218 e. The number of carbonyl (C=O) groups excluding carboxylic acids is 1. The number of rotatable bonds is 7. The quantitative estimate of drug-likeness (QED) is 0.814. The standard InChI is InChI=1S/C13H20N2O3S/c1-11(2)19(17,18)15(9-8-13(14)16)10-12-6-4-3-5-7-12/h3-7,11H,8-10H2,1-2H3,(H2,14,16). The monoisotopic (exact) mass is 284 g/mol. The summed E-state index contributed by atoms with van der Waals surface area (Å²) in [7, 11) is -3.41. The average molecular weight is 284 g/mol. The maximum absolute atomic E-state index is 12.2. The van der Waals surface area contributed by atoms with E-state index in [0.717, 1.165) is 5.56 Å². The van der Waals surface area contributed by atoms with Crippen molar-refractivity contribution in [3.63, 3.8) is 0 Å². The van der Waals surface area contributed by atoms with Crippen LogP contribution in [0.3, 0.4) is 0 Å². The fourth-order valence-corrected chi connectivity index (χ4v) is 2.89. The summed E-state index contributed by atoms with van der Waals surface area (Å²) in [5, 5.41) is -0.524. The second-order valence-electron chi connectivity index (χ2n) is 4.63. The first kappa shape index (κ1) is 15.7. The molecule has 0 saturated carbocycles. The predicted octanol–water partition coefficient (Wildman–Crippen LogP) is 1.10. The third-order valence-corrected chi connectivity index (χ3v) is 4.99. The minimum absolute atomic E-state index is 0.0266. The van der Waals surface area contributed by atoms with Gasteiger partial charge in [-0.05, 0) is 19.4 Å². The van der Waals surface area contributed by atoms with E-state index in [1.165, 1.54) is 4.31 Å². The number of hydrogen-bond donors (Lipinski definition) is 1. The van der Waals surface area contributed by atoms with Gasteiger partial charge < -0.3 is 5.73 Å². The molecule has 1 aromatic rings. The summed E-state index contributed by atoms with van der Waals surface area (Å²) in [6.45, 7) is 3.62. The second-order valence-corrected chi connectivity index (χ2v) is 7.12. The molecule has 1 rings (SSSR count). The van der Waals surface area contributed by atoms with Crippen LogP contribution in [0.25, 0.3) is 0 Å². The average Bonchev–Trinajstić information content (AvgIpc) is 2.35. The molecule has 0 aliphatic heterocycles. The van der Waals surface area contributed by atoms with Crippen LogP contribution in [0.1, 0.15) is 25.8 Å². The number of nitrogens with two attached hydrogens (primary N) is 1. The number of nitrogens with zero attached hydrogens (tertiary/aromatic N) is 1. The van der Waals surface area contributed by atoms with Crippen molar-refractivity contribution in [1.82, 2.24) is 4.31 Å². The van der Waals surface area contributed by atoms with E-state index in [4.69, 9.17) is 5.73 Å². The number of carbonyl (C=O) groups is 1. The van der Waals surface area contributed by atoms with Crippen LogP contribution >= 0.6 is 0 Å². The summed E-state index contributed by atoms with van der Waals surface area (Å²) in [4.78, 5) is 10.9. The second kappa shape index (κ2) is 6.68. The summed E-state index contributed by atoms with van der Waals surface area (Å²) in [6.07, 6.45) is 0.0266. The highest BCUT2D eigenvalue weighted by Crippen LogP contribution is 2.14. The van der Waals surface area contributed by atoms with E-state index >= 15 is 0 Å². The number of benzene rings is 1. The van der Waals surface area contributed by atoms with Crippen LogP contribution in [0.2, 0.25) is 0 Å². The molecule has 1 aromatic carbocycles. The Morgan fingerprint density at radius 2 is 1.84 bits per heavy atom. The Balaban J connectivity index is 2.90. The summed E-state index contributed by atoms with van der Waals surface area (Å²) in [5.41, 5.74) is 5.98. The van der Waals surface area contributed by atoms with Crippen molar-refractivity contribution >= 4 is 15.9 Å². The molecule has 0 unspecified atom stereocenters. The molecule has 19 heavy (non-hydrogen) atoms. The molecule has 0 bridgehead atoms. The Hall–Kier alpha value is -1.40. The van der Waals surface area contributed by atoms with Crippen molar-refractivity contribution in [3.8, 4) is 0 Å². The molecule has 2 N–H and O–H groups in total. The van der Waals surface area contributed by atoms with Gasteiger partial charge in [-0.1, -0.05) is 30.3 Å². The third-order valence-electron chi connectivity index (χ3n) is 2.76. The van der Waals surface area contributed by atoms with Gasteiger partial charge in [-0.3, -0.25) is 4.79 Å². The molecule has 1 amide bonds.